The summed E-state index contributed by atoms with van der Waals surface area (Å²) >= 11 is 11.7. The molecule has 2 N–H and O–H groups in total. The largest absolute Gasteiger partial charge is 0.477 e. The van der Waals surface area contributed by atoms with Gasteiger partial charge in [-0.2, -0.15) is 0 Å². The van der Waals surface area contributed by atoms with Crippen LogP contribution in [0.4, 0.5) is 5.69 Å². The van der Waals surface area contributed by atoms with Gasteiger partial charge in [-0.05, 0) is 6.92 Å². The smallest absolute Gasteiger partial charge is 0.359 e. The van der Waals surface area contributed by atoms with Crippen LogP contribution in [0.2, 0.25) is 10.0 Å². The lowest BCUT2D eigenvalue weighted by molar-refractivity contribution is 0.0594. The minimum atomic E-state index is -0.697. The van der Waals surface area contributed by atoms with E-state index in [9.17, 15) is 4.79 Å². The average molecular weight is 265 g/mol. The van der Waals surface area contributed by atoms with Crippen molar-refractivity contribution in [3.8, 4) is 5.88 Å². The minimum absolute atomic E-state index is 0.0260. The van der Waals surface area contributed by atoms with Gasteiger partial charge >= 0.3 is 5.97 Å². The zero-order valence-corrected chi connectivity index (χ0v) is 10.2. The first kappa shape index (κ1) is 12.9. The molecule has 0 aromatic carbocycles. The minimum Gasteiger partial charge on any atom is -0.477 e. The maximum atomic E-state index is 11.3. The van der Waals surface area contributed by atoms with Crippen molar-refractivity contribution in [2.45, 2.75) is 6.92 Å². The molecule has 1 aromatic heterocycles. The number of methoxy groups -OCH3 is 1. The number of hydrogen-bond acceptors (Lipinski definition) is 5. The summed E-state index contributed by atoms with van der Waals surface area (Å²) < 4.78 is 9.62. The number of nitrogen functional groups attached to an aromatic ring is 1. The molecule has 0 amide bonds. The van der Waals surface area contributed by atoms with E-state index in [0.29, 0.717) is 6.61 Å². The van der Waals surface area contributed by atoms with E-state index in [-0.39, 0.29) is 27.3 Å². The standard InChI is InChI=1S/C9H10Cl2N2O3/c1-3-16-8-5(11)4(10)6(12)7(13-8)9(14)15-2/h3,12H2,1-2H3. The van der Waals surface area contributed by atoms with E-state index in [1.54, 1.807) is 6.92 Å². The summed E-state index contributed by atoms with van der Waals surface area (Å²) in [6, 6.07) is 0. The van der Waals surface area contributed by atoms with E-state index in [1.165, 1.54) is 7.11 Å². The highest BCUT2D eigenvalue weighted by Gasteiger charge is 2.21. The van der Waals surface area contributed by atoms with E-state index in [1.807, 2.05) is 0 Å². The highest BCUT2D eigenvalue weighted by molar-refractivity contribution is 6.44. The SMILES string of the molecule is CCOc1nc(C(=O)OC)c(N)c(Cl)c1Cl. The second-order valence-corrected chi connectivity index (χ2v) is 3.49. The van der Waals surface area contributed by atoms with Crippen LogP contribution in [0.15, 0.2) is 0 Å². The molecule has 0 unspecified atom stereocenters. The molecule has 0 atom stereocenters. The van der Waals surface area contributed by atoms with Crippen molar-refractivity contribution in [3.63, 3.8) is 0 Å². The zero-order chi connectivity index (χ0) is 12.3. The first-order valence-corrected chi connectivity index (χ1v) is 5.14. The number of esters is 1. The molecule has 0 aliphatic heterocycles. The Kier molecular flexibility index (Phi) is 4.20. The van der Waals surface area contributed by atoms with Crippen molar-refractivity contribution in [2.24, 2.45) is 0 Å². The number of hydrogen-bond donors (Lipinski definition) is 1. The Morgan fingerprint density at radius 1 is 1.44 bits per heavy atom. The molecule has 0 saturated carbocycles. The van der Waals surface area contributed by atoms with Gasteiger partial charge in [0.05, 0.1) is 24.4 Å². The molecule has 0 fully saturated rings. The maximum absolute atomic E-state index is 11.3. The molecule has 1 aromatic rings. The number of aromatic nitrogens is 1. The van der Waals surface area contributed by atoms with Crippen molar-refractivity contribution in [1.29, 1.82) is 0 Å². The lowest BCUT2D eigenvalue weighted by Gasteiger charge is -2.10. The van der Waals surface area contributed by atoms with Crippen LogP contribution in [0.25, 0.3) is 0 Å². The zero-order valence-electron chi connectivity index (χ0n) is 8.71. The molecule has 0 aliphatic carbocycles. The molecular weight excluding hydrogens is 255 g/mol. The second kappa shape index (κ2) is 5.23. The van der Waals surface area contributed by atoms with Gasteiger partial charge in [0, 0.05) is 0 Å². The van der Waals surface area contributed by atoms with Crippen molar-refractivity contribution in [3.05, 3.63) is 15.7 Å². The van der Waals surface area contributed by atoms with E-state index in [0.717, 1.165) is 0 Å². The Morgan fingerprint density at radius 3 is 2.56 bits per heavy atom. The Morgan fingerprint density at radius 2 is 2.06 bits per heavy atom. The van der Waals surface area contributed by atoms with Crippen LogP contribution in [0.5, 0.6) is 5.88 Å². The monoisotopic (exact) mass is 264 g/mol. The van der Waals surface area contributed by atoms with Crippen molar-refractivity contribution in [1.82, 2.24) is 4.98 Å². The number of halogens is 2. The number of anilines is 1. The number of carbonyl (C=O) groups excluding carboxylic acids is 1. The molecule has 0 spiro atoms. The van der Waals surface area contributed by atoms with Crippen LogP contribution < -0.4 is 10.5 Å². The number of rotatable bonds is 3. The van der Waals surface area contributed by atoms with Gasteiger partial charge in [-0.3, -0.25) is 0 Å². The Balaban J connectivity index is 3.35. The topological polar surface area (TPSA) is 74.4 Å². The van der Waals surface area contributed by atoms with Crippen LogP contribution in [0, 0.1) is 0 Å². The van der Waals surface area contributed by atoms with Crippen molar-refractivity contribution < 1.29 is 14.3 Å². The first-order valence-electron chi connectivity index (χ1n) is 4.38. The molecule has 1 heterocycles. The molecule has 0 aliphatic rings. The maximum Gasteiger partial charge on any atom is 0.359 e. The van der Waals surface area contributed by atoms with Crippen LogP contribution in [0.1, 0.15) is 17.4 Å². The third kappa shape index (κ3) is 2.31. The Bertz CT molecular complexity index is 424. The highest BCUT2D eigenvalue weighted by Crippen LogP contribution is 2.36. The van der Waals surface area contributed by atoms with Crippen LogP contribution >= 0.6 is 23.2 Å². The van der Waals surface area contributed by atoms with E-state index in [2.05, 4.69) is 9.72 Å². The van der Waals surface area contributed by atoms with Crippen LogP contribution in [-0.4, -0.2) is 24.7 Å². The fraction of sp³-hybridized carbons (Fsp3) is 0.333. The van der Waals surface area contributed by atoms with Gasteiger partial charge in [0.1, 0.15) is 5.02 Å². The summed E-state index contributed by atoms with van der Waals surface area (Å²) in [6.45, 7) is 2.09. The van der Waals surface area contributed by atoms with Crippen LogP contribution in [-0.2, 0) is 4.74 Å². The molecule has 16 heavy (non-hydrogen) atoms. The summed E-state index contributed by atoms with van der Waals surface area (Å²) in [4.78, 5) is 15.2. The lowest BCUT2D eigenvalue weighted by Crippen LogP contribution is -2.11. The van der Waals surface area contributed by atoms with Gasteiger partial charge in [-0.15, -0.1) is 0 Å². The first-order chi connectivity index (χ1) is 7.52. The third-order valence-corrected chi connectivity index (χ3v) is 2.59. The van der Waals surface area contributed by atoms with Gasteiger partial charge in [0.15, 0.2) is 5.69 Å². The molecule has 0 saturated heterocycles. The normalized spacial score (nSPS) is 10.0. The van der Waals surface area contributed by atoms with Gasteiger partial charge in [0.25, 0.3) is 0 Å². The summed E-state index contributed by atoms with van der Waals surface area (Å²) in [7, 11) is 1.21. The summed E-state index contributed by atoms with van der Waals surface area (Å²) in [5, 5.41) is 0.106. The number of pyridine rings is 1. The number of nitrogens with two attached hydrogens (primary N) is 1. The molecule has 7 heteroatoms. The van der Waals surface area contributed by atoms with Gasteiger partial charge < -0.3 is 15.2 Å². The molecule has 88 valence electrons. The van der Waals surface area contributed by atoms with E-state index >= 15 is 0 Å². The summed E-state index contributed by atoms with van der Waals surface area (Å²) in [6.07, 6.45) is 0. The van der Waals surface area contributed by atoms with E-state index in [4.69, 9.17) is 33.7 Å². The fourth-order valence-corrected chi connectivity index (χ4v) is 1.38. The van der Waals surface area contributed by atoms with Gasteiger partial charge in [-0.1, -0.05) is 23.2 Å². The fourth-order valence-electron chi connectivity index (χ4n) is 1.01. The molecule has 0 radical (unpaired) electrons. The average Bonchev–Trinajstić information content (AvgIpc) is 2.29. The Labute approximate surface area is 102 Å². The molecular formula is C9H10Cl2N2O3. The quantitative estimate of drug-likeness (QED) is 0.847. The number of carbonyl (C=O) groups is 1. The molecule has 1 rings (SSSR count). The van der Waals surface area contributed by atoms with Crippen molar-refractivity contribution >= 4 is 34.9 Å². The Hall–Kier alpha value is -1.20. The predicted octanol–water partition coefficient (Wildman–Crippen LogP) is 2.16. The lowest BCUT2D eigenvalue weighted by atomic mass is 10.3. The molecule has 0 bridgehead atoms. The van der Waals surface area contributed by atoms with E-state index < -0.39 is 5.97 Å². The second-order valence-electron chi connectivity index (χ2n) is 2.73. The predicted molar refractivity (Wildman–Crippen MR) is 61.2 cm³/mol. The number of nitrogens with zero attached hydrogens (tertiary/aromatic N) is 1. The highest BCUT2D eigenvalue weighted by atomic mass is 35.5. The third-order valence-electron chi connectivity index (χ3n) is 1.75. The molecule has 5 nitrogen and oxygen atoms in total. The summed E-state index contributed by atoms with van der Waals surface area (Å²) in [5.74, 6) is -0.638. The summed E-state index contributed by atoms with van der Waals surface area (Å²) in [5.41, 5.74) is 5.45. The van der Waals surface area contributed by atoms with Gasteiger partial charge in [0.2, 0.25) is 5.88 Å². The van der Waals surface area contributed by atoms with Crippen LogP contribution in [0.3, 0.4) is 0 Å². The number of ether oxygens (including phenoxy) is 2. The van der Waals surface area contributed by atoms with Crippen molar-refractivity contribution in [2.75, 3.05) is 19.5 Å². The van der Waals surface area contributed by atoms with Gasteiger partial charge in [-0.25, -0.2) is 9.78 Å².